The molecule has 1 heterocycles. The number of anilines is 1. The number of alkyl carbamates (subject to hydrolysis) is 1. The Morgan fingerprint density at radius 1 is 1.15 bits per heavy atom. The number of amides is 1. The molecule has 5 nitrogen and oxygen atoms in total. The number of nitrogens with one attached hydrogen (secondary N) is 1. The van der Waals surface area contributed by atoms with Crippen LogP contribution in [-0.2, 0) is 17.6 Å². The number of hydrogen-bond acceptors (Lipinski definition) is 4. The number of carbonyl (C=O) groups excluding carboxylic acids is 1. The van der Waals surface area contributed by atoms with Crippen LogP contribution < -0.4 is 11.1 Å². The van der Waals surface area contributed by atoms with E-state index in [4.69, 9.17) is 10.5 Å². The van der Waals surface area contributed by atoms with Gasteiger partial charge in [0.1, 0.15) is 5.60 Å². The number of carbonyl (C=O) groups is 1. The van der Waals surface area contributed by atoms with E-state index in [1.807, 2.05) is 40.7 Å². The smallest absolute Gasteiger partial charge is 0.407 e. The van der Waals surface area contributed by atoms with Gasteiger partial charge >= 0.3 is 6.09 Å². The summed E-state index contributed by atoms with van der Waals surface area (Å²) < 4.78 is 5.22. The van der Waals surface area contributed by atoms with Crippen molar-refractivity contribution in [1.29, 1.82) is 0 Å². The average molecular weight is 355 g/mol. The second kappa shape index (κ2) is 8.21. The van der Waals surface area contributed by atoms with E-state index in [0.29, 0.717) is 6.54 Å². The molecule has 0 saturated heterocycles. The van der Waals surface area contributed by atoms with Crippen LogP contribution in [0.2, 0.25) is 0 Å². The molecule has 1 aromatic heterocycles. The van der Waals surface area contributed by atoms with Crippen LogP contribution in [0, 0.1) is 13.8 Å². The number of aryl methyl sites for hydroxylation is 2. The normalized spacial score (nSPS) is 11.3. The van der Waals surface area contributed by atoms with E-state index in [-0.39, 0.29) is 6.09 Å². The number of ether oxygens (including phenoxy) is 1. The van der Waals surface area contributed by atoms with Crippen molar-refractivity contribution in [3.8, 4) is 0 Å². The zero-order chi connectivity index (χ0) is 19.3. The molecule has 3 N–H and O–H groups in total. The lowest BCUT2D eigenvalue weighted by molar-refractivity contribution is 0.0528. The molecule has 26 heavy (non-hydrogen) atoms. The van der Waals surface area contributed by atoms with Crippen LogP contribution in [0.25, 0.3) is 0 Å². The quantitative estimate of drug-likeness (QED) is 0.852. The van der Waals surface area contributed by atoms with E-state index in [2.05, 4.69) is 34.6 Å². The third-order valence-corrected chi connectivity index (χ3v) is 3.96. The zero-order valence-electron chi connectivity index (χ0n) is 16.3. The van der Waals surface area contributed by atoms with Crippen molar-refractivity contribution in [2.75, 3.05) is 12.3 Å². The summed E-state index contributed by atoms with van der Waals surface area (Å²) in [6.45, 7) is 10.0. The lowest BCUT2D eigenvalue weighted by atomic mass is 10.0. The molecule has 5 heteroatoms. The number of nitrogens with zero attached hydrogens (tertiary/aromatic N) is 1. The number of hydrogen-bond donors (Lipinski definition) is 2. The maximum atomic E-state index is 11.6. The first-order chi connectivity index (χ1) is 12.1. The van der Waals surface area contributed by atoms with Crippen LogP contribution in [0.4, 0.5) is 10.5 Å². The van der Waals surface area contributed by atoms with E-state index in [1.54, 1.807) is 0 Å². The van der Waals surface area contributed by atoms with Crippen LogP contribution in [0.3, 0.4) is 0 Å². The average Bonchev–Trinajstić information content (AvgIpc) is 2.52. The van der Waals surface area contributed by atoms with Crippen LogP contribution in [0.5, 0.6) is 0 Å². The lowest BCUT2D eigenvalue weighted by Crippen LogP contribution is -2.33. The Hall–Kier alpha value is -2.56. The first kappa shape index (κ1) is 19.8. The molecule has 0 aliphatic rings. The minimum absolute atomic E-state index is 0.381. The number of aromatic nitrogens is 1. The van der Waals surface area contributed by atoms with Crippen LogP contribution in [0.1, 0.15) is 48.8 Å². The fourth-order valence-electron chi connectivity index (χ4n) is 2.73. The number of pyridine rings is 1. The van der Waals surface area contributed by atoms with E-state index in [1.165, 1.54) is 11.1 Å². The largest absolute Gasteiger partial charge is 0.444 e. The van der Waals surface area contributed by atoms with Crippen molar-refractivity contribution in [3.63, 3.8) is 0 Å². The summed E-state index contributed by atoms with van der Waals surface area (Å²) in [6.07, 6.45) is 1.16. The van der Waals surface area contributed by atoms with Gasteiger partial charge in [-0.3, -0.25) is 4.98 Å². The summed E-state index contributed by atoms with van der Waals surface area (Å²) >= 11 is 0. The second-order valence-electron chi connectivity index (χ2n) is 7.59. The summed E-state index contributed by atoms with van der Waals surface area (Å²) in [7, 11) is 0. The van der Waals surface area contributed by atoms with Gasteiger partial charge in [0.25, 0.3) is 0 Å². The molecule has 0 saturated carbocycles. The summed E-state index contributed by atoms with van der Waals surface area (Å²) in [5, 5.41) is 2.78. The van der Waals surface area contributed by atoms with Gasteiger partial charge in [-0.25, -0.2) is 4.79 Å². The van der Waals surface area contributed by atoms with Crippen LogP contribution in [-0.4, -0.2) is 23.2 Å². The third-order valence-electron chi connectivity index (χ3n) is 3.96. The fourth-order valence-corrected chi connectivity index (χ4v) is 2.73. The van der Waals surface area contributed by atoms with E-state index < -0.39 is 5.60 Å². The van der Waals surface area contributed by atoms with Crippen molar-refractivity contribution in [1.82, 2.24) is 10.3 Å². The summed E-state index contributed by atoms with van der Waals surface area (Å²) in [5.41, 5.74) is 11.8. The molecule has 0 radical (unpaired) electrons. The van der Waals surface area contributed by atoms with Crippen molar-refractivity contribution in [2.45, 2.75) is 53.1 Å². The molecule has 0 aliphatic heterocycles. The van der Waals surface area contributed by atoms with E-state index in [9.17, 15) is 4.79 Å². The van der Waals surface area contributed by atoms with Gasteiger partial charge in [-0.1, -0.05) is 24.3 Å². The van der Waals surface area contributed by atoms with Gasteiger partial charge in [-0.05, 0) is 70.2 Å². The first-order valence-corrected chi connectivity index (χ1v) is 8.91. The van der Waals surface area contributed by atoms with Crippen molar-refractivity contribution >= 4 is 11.8 Å². The summed E-state index contributed by atoms with van der Waals surface area (Å²) in [4.78, 5) is 16.0. The van der Waals surface area contributed by atoms with Gasteiger partial charge in [-0.15, -0.1) is 0 Å². The number of nitrogen functional groups attached to an aromatic ring is 1. The predicted molar refractivity (Wildman–Crippen MR) is 105 cm³/mol. The Bertz CT molecular complexity index is 762. The van der Waals surface area contributed by atoms with Crippen LogP contribution in [0.15, 0.2) is 30.3 Å². The number of benzene rings is 1. The molecule has 0 atom stereocenters. The lowest BCUT2D eigenvalue weighted by Gasteiger charge is -2.19. The Kier molecular flexibility index (Phi) is 6.24. The van der Waals surface area contributed by atoms with Crippen molar-refractivity contribution in [3.05, 3.63) is 58.4 Å². The highest BCUT2D eigenvalue weighted by molar-refractivity contribution is 5.67. The Balaban J connectivity index is 1.90. The molecular formula is C21H29N3O2. The minimum atomic E-state index is -0.475. The summed E-state index contributed by atoms with van der Waals surface area (Å²) in [5.74, 6) is 0. The maximum Gasteiger partial charge on any atom is 0.407 e. The number of nitrogens with two attached hydrogens (primary N) is 1. The zero-order valence-corrected chi connectivity index (χ0v) is 16.3. The maximum absolute atomic E-state index is 11.6. The Labute approximate surface area is 156 Å². The molecular weight excluding hydrogens is 326 g/mol. The fraction of sp³-hybridized carbons (Fsp3) is 0.429. The molecule has 1 amide bonds. The Morgan fingerprint density at radius 3 is 2.38 bits per heavy atom. The molecule has 0 fully saturated rings. The molecule has 0 unspecified atom stereocenters. The highest BCUT2D eigenvalue weighted by Crippen LogP contribution is 2.20. The van der Waals surface area contributed by atoms with Gasteiger partial charge in [0.2, 0.25) is 0 Å². The molecule has 0 spiro atoms. The molecule has 0 bridgehead atoms. The molecule has 140 valence electrons. The van der Waals surface area contributed by atoms with Crippen molar-refractivity contribution < 1.29 is 9.53 Å². The highest BCUT2D eigenvalue weighted by Gasteiger charge is 2.15. The molecule has 2 rings (SSSR count). The van der Waals surface area contributed by atoms with E-state index in [0.717, 1.165) is 35.5 Å². The molecule has 1 aromatic carbocycles. The highest BCUT2D eigenvalue weighted by atomic mass is 16.6. The molecule has 0 aliphatic carbocycles. The topological polar surface area (TPSA) is 77.2 Å². The number of rotatable bonds is 5. The minimum Gasteiger partial charge on any atom is -0.444 e. The van der Waals surface area contributed by atoms with Crippen molar-refractivity contribution in [2.24, 2.45) is 0 Å². The standard InChI is InChI=1S/C21H29N3O2/c1-14-12-18(19(22)15(2)24-14)13-17-8-6-16(7-9-17)10-11-23-20(25)26-21(3,4)5/h6-9,12H,10-11,13,22H2,1-5H3,(H,23,25). The van der Waals surface area contributed by atoms with Gasteiger partial charge < -0.3 is 15.8 Å². The first-order valence-electron chi connectivity index (χ1n) is 8.91. The van der Waals surface area contributed by atoms with Gasteiger partial charge in [-0.2, -0.15) is 0 Å². The van der Waals surface area contributed by atoms with Gasteiger partial charge in [0.15, 0.2) is 0 Å². The van der Waals surface area contributed by atoms with E-state index >= 15 is 0 Å². The van der Waals surface area contributed by atoms with Crippen LogP contribution >= 0.6 is 0 Å². The monoisotopic (exact) mass is 355 g/mol. The third kappa shape index (κ3) is 6.06. The van der Waals surface area contributed by atoms with Gasteiger partial charge in [0.05, 0.1) is 11.4 Å². The molecule has 2 aromatic rings. The summed E-state index contributed by atoms with van der Waals surface area (Å²) in [6, 6.07) is 10.4. The van der Waals surface area contributed by atoms with Gasteiger partial charge in [0, 0.05) is 12.2 Å². The predicted octanol–water partition coefficient (Wildman–Crippen LogP) is 3.94. The SMILES string of the molecule is Cc1cc(Cc2ccc(CCNC(=O)OC(C)(C)C)cc2)c(N)c(C)n1. The Morgan fingerprint density at radius 2 is 1.77 bits per heavy atom. The second-order valence-corrected chi connectivity index (χ2v) is 7.59.